The number of rotatable bonds is 3. The van der Waals surface area contributed by atoms with Gasteiger partial charge in [0.15, 0.2) is 0 Å². The molecule has 1 aliphatic rings. The number of fused-ring (bicyclic) bond motifs is 1. The molecule has 2 aromatic rings. The molecule has 3 heteroatoms. The maximum Gasteiger partial charge on any atom is 0.338 e. The molecule has 3 nitrogen and oxygen atoms in total. The molecule has 0 amide bonds. The predicted molar refractivity (Wildman–Crippen MR) is 79.1 cm³/mol. The van der Waals surface area contributed by atoms with Crippen molar-refractivity contribution in [2.45, 2.75) is 13.5 Å². The topological polar surface area (TPSA) is 38.7 Å². The summed E-state index contributed by atoms with van der Waals surface area (Å²) in [6.07, 6.45) is 1.90. The van der Waals surface area contributed by atoms with Crippen LogP contribution >= 0.6 is 0 Å². The van der Waals surface area contributed by atoms with E-state index < -0.39 is 0 Å². The van der Waals surface area contributed by atoms with Crippen LogP contribution < -0.4 is 0 Å². The summed E-state index contributed by atoms with van der Waals surface area (Å²) in [7, 11) is 0. The van der Waals surface area contributed by atoms with Gasteiger partial charge in [-0.05, 0) is 47.4 Å². The molecule has 20 heavy (non-hydrogen) atoms. The van der Waals surface area contributed by atoms with Crippen molar-refractivity contribution in [1.29, 1.82) is 0 Å². The summed E-state index contributed by atoms with van der Waals surface area (Å²) in [6.45, 7) is 2.96. The summed E-state index contributed by atoms with van der Waals surface area (Å²) in [4.78, 5) is 16.0. The van der Waals surface area contributed by atoms with Crippen LogP contribution in [-0.4, -0.2) is 18.8 Å². The SMILES string of the molecule is CCOC(=O)c1cccc(-c2ccc3c(c2)C=NC3)c1. The number of esters is 1. The zero-order valence-electron chi connectivity index (χ0n) is 11.3. The Kier molecular flexibility index (Phi) is 3.33. The minimum atomic E-state index is -0.280. The summed E-state index contributed by atoms with van der Waals surface area (Å²) >= 11 is 0. The molecule has 2 aromatic carbocycles. The molecular formula is C17H15NO2. The summed E-state index contributed by atoms with van der Waals surface area (Å²) in [5, 5.41) is 0. The smallest absolute Gasteiger partial charge is 0.338 e. The van der Waals surface area contributed by atoms with E-state index in [1.165, 1.54) is 5.56 Å². The van der Waals surface area contributed by atoms with Crippen molar-refractivity contribution in [1.82, 2.24) is 0 Å². The number of carbonyl (C=O) groups excluding carboxylic acids is 1. The van der Waals surface area contributed by atoms with Crippen LogP contribution in [0, 0.1) is 0 Å². The molecule has 0 saturated heterocycles. The maximum atomic E-state index is 11.8. The number of carbonyl (C=O) groups is 1. The first-order valence-corrected chi connectivity index (χ1v) is 6.68. The van der Waals surface area contributed by atoms with Crippen LogP contribution in [0.25, 0.3) is 11.1 Å². The van der Waals surface area contributed by atoms with Gasteiger partial charge >= 0.3 is 5.97 Å². The fourth-order valence-electron chi connectivity index (χ4n) is 2.32. The van der Waals surface area contributed by atoms with Gasteiger partial charge in [-0.25, -0.2) is 4.79 Å². The fourth-order valence-corrected chi connectivity index (χ4v) is 2.32. The minimum absolute atomic E-state index is 0.280. The lowest BCUT2D eigenvalue weighted by molar-refractivity contribution is 0.0526. The van der Waals surface area contributed by atoms with Crippen molar-refractivity contribution in [3.05, 3.63) is 59.2 Å². The molecule has 0 fully saturated rings. The number of nitrogens with zero attached hydrogens (tertiary/aromatic N) is 1. The largest absolute Gasteiger partial charge is 0.462 e. The van der Waals surface area contributed by atoms with Gasteiger partial charge in [0.05, 0.1) is 18.7 Å². The van der Waals surface area contributed by atoms with E-state index in [1.54, 1.807) is 6.07 Å². The van der Waals surface area contributed by atoms with Gasteiger partial charge in [0.1, 0.15) is 0 Å². The van der Waals surface area contributed by atoms with Crippen LogP contribution in [0.4, 0.5) is 0 Å². The summed E-state index contributed by atoms with van der Waals surface area (Å²) in [6, 6.07) is 13.8. The van der Waals surface area contributed by atoms with E-state index in [4.69, 9.17) is 4.74 Å². The average Bonchev–Trinajstić information content (AvgIpc) is 2.95. The van der Waals surface area contributed by atoms with E-state index in [1.807, 2.05) is 31.3 Å². The van der Waals surface area contributed by atoms with Gasteiger partial charge in [0.2, 0.25) is 0 Å². The molecule has 0 unspecified atom stereocenters. The predicted octanol–water partition coefficient (Wildman–Crippen LogP) is 3.46. The zero-order valence-corrected chi connectivity index (χ0v) is 11.3. The first-order chi connectivity index (χ1) is 9.78. The van der Waals surface area contributed by atoms with Crippen LogP contribution in [0.1, 0.15) is 28.4 Å². The maximum absolute atomic E-state index is 11.8. The van der Waals surface area contributed by atoms with Crippen LogP contribution in [0.3, 0.4) is 0 Å². The Morgan fingerprint density at radius 1 is 1.20 bits per heavy atom. The molecule has 0 spiro atoms. The Balaban J connectivity index is 1.96. The van der Waals surface area contributed by atoms with Crippen molar-refractivity contribution in [2.24, 2.45) is 4.99 Å². The Morgan fingerprint density at radius 3 is 2.90 bits per heavy atom. The molecule has 0 aromatic heterocycles. The standard InChI is InChI=1S/C17H15NO2/c1-2-20-17(19)14-5-3-4-12(8-14)13-6-7-15-10-18-11-16(15)9-13/h3-9,11H,2,10H2,1H3. The van der Waals surface area contributed by atoms with Crippen LogP contribution in [-0.2, 0) is 11.3 Å². The van der Waals surface area contributed by atoms with Gasteiger partial charge in [-0.1, -0.05) is 24.3 Å². The molecule has 0 saturated carbocycles. The van der Waals surface area contributed by atoms with Crippen molar-refractivity contribution in [2.75, 3.05) is 6.61 Å². The number of hydrogen-bond donors (Lipinski definition) is 0. The van der Waals surface area contributed by atoms with E-state index >= 15 is 0 Å². The summed E-state index contributed by atoms with van der Waals surface area (Å²) in [5.74, 6) is -0.280. The fraction of sp³-hybridized carbons (Fsp3) is 0.176. The Morgan fingerprint density at radius 2 is 2.05 bits per heavy atom. The Bertz CT molecular complexity index is 689. The Labute approximate surface area is 117 Å². The molecule has 3 rings (SSSR count). The van der Waals surface area contributed by atoms with Gasteiger partial charge in [0.25, 0.3) is 0 Å². The van der Waals surface area contributed by atoms with Gasteiger partial charge in [-0.15, -0.1) is 0 Å². The van der Waals surface area contributed by atoms with Gasteiger partial charge < -0.3 is 4.74 Å². The molecule has 0 aliphatic carbocycles. The minimum Gasteiger partial charge on any atom is -0.462 e. The molecule has 1 aliphatic heterocycles. The highest BCUT2D eigenvalue weighted by atomic mass is 16.5. The van der Waals surface area contributed by atoms with E-state index in [-0.39, 0.29) is 5.97 Å². The number of benzene rings is 2. The monoisotopic (exact) mass is 265 g/mol. The molecule has 1 heterocycles. The highest BCUT2D eigenvalue weighted by molar-refractivity contribution is 5.92. The van der Waals surface area contributed by atoms with Crippen molar-refractivity contribution in [3.8, 4) is 11.1 Å². The summed E-state index contributed by atoms with van der Waals surface area (Å²) < 4.78 is 5.03. The van der Waals surface area contributed by atoms with Crippen molar-refractivity contribution >= 4 is 12.2 Å². The zero-order chi connectivity index (χ0) is 13.9. The van der Waals surface area contributed by atoms with Crippen molar-refractivity contribution < 1.29 is 9.53 Å². The third-order valence-electron chi connectivity index (χ3n) is 3.34. The first-order valence-electron chi connectivity index (χ1n) is 6.68. The normalized spacial score (nSPS) is 12.2. The van der Waals surface area contributed by atoms with Gasteiger partial charge in [0, 0.05) is 6.21 Å². The third kappa shape index (κ3) is 2.35. The van der Waals surface area contributed by atoms with E-state index in [0.29, 0.717) is 12.2 Å². The lowest BCUT2D eigenvalue weighted by atomic mass is 9.99. The van der Waals surface area contributed by atoms with Crippen LogP contribution in [0.2, 0.25) is 0 Å². The molecule has 100 valence electrons. The quantitative estimate of drug-likeness (QED) is 0.797. The second-order valence-corrected chi connectivity index (χ2v) is 4.68. The molecule has 0 bridgehead atoms. The number of ether oxygens (including phenoxy) is 1. The van der Waals surface area contributed by atoms with Crippen LogP contribution in [0.5, 0.6) is 0 Å². The van der Waals surface area contributed by atoms with Crippen LogP contribution in [0.15, 0.2) is 47.5 Å². The molecule has 0 N–H and O–H groups in total. The highest BCUT2D eigenvalue weighted by Crippen LogP contribution is 2.25. The molecule has 0 atom stereocenters. The Hall–Kier alpha value is -2.42. The lowest BCUT2D eigenvalue weighted by Gasteiger charge is -2.07. The van der Waals surface area contributed by atoms with Crippen molar-refractivity contribution in [3.63, 3.8) is 0 Å². The highest BCUT2D eigenvalue weighted by Gasteiger charge is 2.10. The summed E-state index contributed by atoms with van der Waals surface area (Å²) in [5.41, 5.74) is 5.08. The molecule has 0 radical (unpaired) electrons. The van der Waals surface area contributed by atoms with E-state index in [9.17, 15) is 4.79 Å². The lowest BCUT2D eigenvalue weighted by Crippen LogP contribution is -2.04. The van der Waals surface area contributed by atoms with E-state index in [0.717, 1.165) is 23.2 Å². The molecular weight excluding hydrogens is 250 g/mol. The number of hydrogen-bond acceptors (Lipinski definition) is 3. The second kappa shape index (κ2) is 5.29. The number of aliphatic imine (C=N–C) groups is 1. The third-order valence-corrected chi connectivity index (χ3v) is 3.34. The average molecular weight is 265 g/mol. The van der Waals surface area contributed by atoms with E-state index in [2.05, 4.69) is 23.2 Å². The second-order valence-electron chi connectivity index (χ2n) is 4.68. The van der Waals surface area contributed by atoms with Gasteiger partial charge in [-0.2, -0.15) is 0 Å². The first kappa shape index (κ1) is 12.6. The van der Waals surface area contributed by atoms with Gasteiger partial charge in [-0.3, -0.25) is 4.99 Å².